The van der Waals surface area contributed by atoms with E-state index in [4.69, 9.17) is 4.74 Å². The first kappa shape index (κ1) is 16.4. The van der Waals surface area contributed by atoms with Gasteiger partial charge in [-0.2, -0.15) is 4.98 Å². The van der Waals surface area contributed by atoms with Crippen LogP contribution in [0.1, 0.15) is 34.7 Å². The molecule has 0 atom stereocenters. The summed E-state index contributed by atoms with van der Waals surface area (Å²) in [5.41, 5.74) is 1.39. The molecule has 6 heteroatoms. The Labute approximate surface area is 140 Å². The molecule has 126 valence electrons. The summed E-state index contributed by atoms with van der Waals surface area (Å²) in [6.45, 7) is 4.98. The number of aryl methyl sites for hydroxylation is 2. The molecular formula is C18H20FN3O2. The molecule has 5 nitrogen and oxygen atoms in total. The molecule has 0 radical (unpaired) electrons. The minimum atomic E-state index is -0.339. The van der Waals surface area contributed by atoms with E-state index in [9.17, 15) is 9.18 Å². The van der Waals surface area contributed by atoms with Crippen LogP contribution in [0.15, 0.2) is 30.3 Å². The summed E-state index contributed by atoms with van der Waals surface area (Å²) in [6, 6.07) is 7.48. The maximum Gasteiger partial charge on any atom is 0.253 e. The van der Waals surface area contributed by atoms with Crippen LogP contribution in [0.25, 0.3) is 0 Å². The van der Waals surface area contributed by atoms with Crippen LogP contribution in [0.3, 0.4) is 0 Å². The van der Waals surface area contributed by atoms with Gasteiger partial charge < -0.3 is 9.64 Å². The highest BCUT2D eigenvalue weighted by atomic mass is 19.1. The SMILES string of the molecule is Cc1cc(OC2CCN(C(=O)c3ccc(F)cc3)CC2)nc(C)n1. The van der Waals surface area contributed by atoms with Crippen LogP contribution in [0, 0.1) is 19.7 Å². The van der Waals surface area contributed by atoms with Gasteiger partial charge in [-0.1, -0.05) is 0 Å². The van der Waals surface area contributed by atoms with Crippen LogP contribution in [0.4, 0.5) is 4.39 Å². The second kappa shape index (κ2) is 6.95. The molecule has 1 aliphatic rings. The van der Waals surface area contributed by atoms with Crippen molar-refractivity contribution in [3.05, 3.63) is 53.2 Å². The van der Waals surface area contributed by atoms with Crippen molar-refractivity contribution >= 4 is 5.91 Å². The van der Waals surface area contributed by atoms with Crippen LogP contribution in [-0.4, -0.2) is 40.0 Å². The molecule has 1 aliphatic heterocycles. The van der Waals surface area contributed by atoms with Crippen molar-refractivity contribution in [3.8, 4) is 5.88 Å². The van der Waals surface area contributed by atoms with E-state index in [1.165, 1.54) is 24.3 Å². The average Bonchev–Trinajstić information content (AvgIpc) is 2.55. The molecule has 24 heavy (non-hydrogen) atoms. The number of benzene rings is 1. The Kier molecular flexibility index (Phi) is 4.74. The summed E-state index contributed by atoms with van der Waals surface area (Å²) in [4.78, 5) is 22.7. The number of carbonyl (C=O) groups is 1. The van der Waals surface area contributed by atoms with Crippen molar-refractivity contribution < 1.29 is 13.9 Å². The molecule has 0 aliphatic carbocycles. The van der Waals surface area contributed by atoms with Crippen molar-refractivity contribution in [2.45, 2.75) is 32.8 Å². The zero-order valence-corrected chi connectivity index (χ0v) is 13.8. The van der Waals surface area contributed by atoms with Gasteiger partial charge in [-0.05, 0) is 38.1 Å². The van der Waals surface area contributed by atoms with Gasteiger partial charge in [0.25, 0.3) is 5.91 Å². The van der Waals surface area contributed by atoms with Crippen LogP contribution in [0.5, 0.6) is 5.88 Å². The molecule has 0 N–H and O–H groups in total. The summed E-state index contributed by atoms with van der Waals surface area (Å²) < 4.78 is 18.9. The fourth-order valence-electron chi connectivity index (χ4n) is 2.87. The van der Waals surface area contributed by atoms with Crippen molar-refractivity contribution in [2.75, 3.05) is 13.1 Å². The Morgan fingerprint density at radius 1 is 1.17 bits per heavy atom. The molecule has 1 aromatic heterocycles. The third kappa shape index (κ3) is 3.88. The molecule has 3 rings (SSSR count). The highest BCUT2D eigenvalue weighted by Gasteiger charge is 2.25. The van der Waals surface area contributed by atoms with Crippen molar-refractivity contribution in [3.63, 3.8) is 0 Å². The Morgan fingerprint density at radius 3 is 2.46 bits per heavy atom. The molecule has 2 aromatic rings. The van der Waals surface area contributed by atoms with Crippen LogP contribution in [-0.2, 0) is 0 Å². The van der Waals surface area contributed by atoms with Gasteiger partial charge in [-0.3, -0.25) is 4.79 Å². The molecular weight excluding hydrogens is 309 g/mol. The topological polar surface area (TPSA) is 55.3 Å². The predicted molar refractivity (Wildman–Crippen MR) is 87.5 cm³/mol. The van der Waals surface area contributed by atoms with Crippen LogP contribution < -0.4 is 4.74 Å². The van der Waals surface area contributed by atoms with Gasteiger partial charge in [0, 0.05) is 43.3 Å². The second-order valence-corrected chi connectivity index (χ2v) is 6.01. The lowest BCUT2D eigenvalue weighted by Crippen LogP contribution is -2.41. The van der Waals surface area contributed by atoms with E-state index in [0.29, 0.717) is 30.4 Å². The highest BCUT2D eigenvalue weighted by molar-refractivity contribution is 5.94. The van der Waals surface area contributed by atoms with E-state index in [1.54, 1.807) is 4.90 Å². The monoisotopic (exact) mass is 329 g/mol. The number of rotatable bonds is 3. The Balaban J connectivity index is 1.57. The maximum atomic E-state index is 13.0. The molecule has 0 saturated carbocycles. The minimum absolute atomic E-state index is 0.0379. The Bertz CT molecular complexity index is 705. The van der Waals surface area contributed by atoms with Gasteiger partial charge in [0.15, 0.2) is 0 Å². The van der Waals surface area contributed by atoms with Gasteiger partial charge in [0.2, 0.25) is 5.88 Å². The second-order valence-electron chi connectivity index (χ2n) is 6.01. The average molecular weight is 329 g/mol. The summed E-state index contributed by atoms with van der Waals surface area (Å²) in [5.74, 6) is 0.869. The molecule has 1 amide bonds. The Morgan fingerprint density at radius 2 is 1.83 bits per heavy atom. The van der Waals surface area contributed by atoms with E-state index in [0.717, 1.165) is 18.5 Å². The first-order valence-electron chi connectivity index (χ1n) is 8.05. The number of hydrogen-bond acceptors (Lipinski definition) is 4. The molecule has 2 heterocycles. The predicted octanol–water partition coefficient (Wildman–Crippen LogP) is 2.92. The lowest BCUT2D eigenvalue weighted by Gasteiger charge is -2.32. The van der Waals surface area contributed by atoms with Crippen molar-refractivity contribution in [1.29, 1.82) is 0 Å². The number of ether oxygens (including phenoxy) is 1. The maximum absolute atomic E-state index is 13.0. The Hall–Kier alpha value is -2.50. The van der Waals surface area contributed by atoms with Crippen LogP contribution in [0.2, 0.25) is 0 Å². The zero-order valence-electron chi connectivity index (χ0n) is 13.8. The summed E-state index contributed by atoms with van der Waals surface area (Å²) in [6.07, 6.45) is 1.53. The third-order valence-corrected chi connectivity index (χ3v) is 4.05. The lowest BCUT2D eigenvalue weighted by atomic mass is 10.1. The molecule has 0 bridgehead atoms. The fraction of sp³-hybridized carbons (Fsp3) is 0.389. The first-order valence-corrected chi connectivity index (χ1v) is 8.05. The van der Waals surface area contributed by atoms with E-state index >= 15 is 0 Å². The molecule has 0 unspecified atom stereocenters. The number of hydrogen-bond donors (Lipinski definition) is 0. The number of carbonyl (C=O) groups excluding carboxylic acids is 1. The number of amides is 1. The van der Waals surface area contributed by atoms with E-state index in [-0.39, 0.29) is 17.8 Å². The van der Waals surface area contributed by atoms with Gasteiger partial charge in [0.05, 0.1) is 0 Å². The normalized spacial score (nSPS) is 15.4. The quantitative estimate of drug-likeness (QED) is 0.869. The number of aromatic nitrogens is 2. The molecule has 1 saturated heterocycles. The standard InChI is InChI=1S/C18H20FN3O2/c1-12-11-17(21-13(2)20-12)24-16-7-9-22(10-8-16)18(23)14-3-5-15(19)6-4-14/h3-6,11,16H,7-10H2,1-2H3. The number of nitrogens with zero attached hydrogens (tertiary/aromatic N) is 3. The number of halogens is 1. The van der Waals surface area contributed by atoms with Gasteiger partial charge in [0.1, 0.15) is 17.7 Å². The minimum Gasteiger partial charge on any atom is -0.474 e. The largest absolute Gasteiger partial charge is 0.474 e. The zero-order chi connectivity index (χ0) is 17.1. The number of likely N-dealkylation sites (tertiary alicyclic amines) is 1. The number of piperidine rings is 1. The van der Waals surface area contributed by atoms with Crippen molar-refractivity contribution in [1.82, 2.24) is 14.9 Å². The van der Waals surface area contributed by atoms with E-state index in [1.807, 2.05) is 19.9 Å². The first-order chi connectivity index (χ1) is 11.5. The van der Waals surface area contributed by atoms with Crippen molar-refractivity contribution in [2.24, 2.45) is 0 Å². The summed E-state index contributed by atoms with van der Waals surface area (Å²) >= 11 is 0. The van der Waals surface area contributed by atoms with Gasteiger partial charge in [-0.25, -0.2) is 9.37 Å². The summed E-state index contributed by atoms with van der Waals surface area (Å²) in [5, 5.41) is 0. The van der Waals surface area contributed by atoms with Gasteiger partial charge >= 0.3 is 0 Å². The highest BCUT2D eigenvalue weighted by Crippen LogP contribution is 2.19. The van der Waals surface area contributed by atoms with E-state index in [2.05, 4.69) is 9.97 Å². The lowest BCUT2D eigenvalue weighted by molar-refractivity contribution is 0.0587. The van der Waals surface area contributed by atoms with Gasteiger partial charge in [-0.15, -0.1) is 0 Å². The van der Waals surface area contributed by atoms with Crippen LogP contribution >= 0.6 is 0 Å². The smallest absolute Gasteiger partial charge is 0.253 e. The molecule has 0 spiro atoms. The third-order valence-electron chi connectivity index (χ3n) is 4.05. The summed E-state index contributed by atoms with van der Waals surface area (Å²) in [7, 11) is 0. The molecule has 1 fully saturated rings. The van der Waals surface area contributed by atoms with E-state index < -0.39 is 0 Å². The molecule has 1 aromatic carbocycles. The fourth-order valence-corrected chi connectivity index (χ4v) is 2.87.